The molecule has 20 heavy (non-hydrogen) atoms. The summed E-state index contributed by atoms with van der Waals surface area (Å²) in [5.41, 5.74) is 2.91. The molecule has 0 N–H and O–H groups in total. The van der Waals surface area contributed by atoms with E-state index in [0.29, 0.717) is 22.3 Å². The second kappa shape index (κ2) is 4.21. The minimum absolute atomic E-state index is 0.376. The Balaban J connectivity index is 1.96. The van der Waals surface area contributed by atoms with E-state index in [9.17, 15) is 0 Å². The van der Waals surface area contributed by atoms with Crippen molar-refractivity contribution >= 4 is 28.3 Å². The Morgan fingerprint density at radius 2 is 1.85 bits per heavy atom. The number of benzene rings is 1. The molecule has 4 aromatic rings. The third-order valence-electron chi connectivity index (χ3n) is 2.94. The Morgan fingerprint density at radius 1 is 1.00 bits per heavy atom. The molecular weight excluding hydrogens is 276 g/mol. The highest BCUT2D eigenvalue weighted by Gasteiger charge is 2.11. The van der Waals surface area contributed by atoms with E-state index in [1.807, 2.05) is 24.3 Å². The van der Waals surface area contributed by atoms with E-state index < -0.39 is 0 Å². The number of hydrogen-bond donors (Lipinski definition) is 0. The molecule has 0 aliphatic heterocycles. The van der Waals surface area contributed by atoms with Gasteiger partial charge in [-0.2, -0.15) is 0 Å². The van der Waals surface area contributed by atoms with Gasteiger partial charge in [0.2, 0.25) is 0 Å². The summed E-state index contributed by atoms with van der Waals surface area (Å²) in [5.74, 6) is 0.586. The fourth-order valence-electron chi connectivity index (χ4n) is 2.01. The van der Waals surface area contributed by atoms with Crippen LogP contribution in [-0.2, 0) is 0 Å². The second-order valence-corrected chi connectivity index (χ2v) is 4.59. The molecule has 0 aliphatic rings. The van der Waals surface area contributed by atoms with Crippen LogP contribution in [0.5, 0.6) is 0 Å². The maximum Gasteiger partial charge on any atom is 0.189 e. The van der Waals surface area contributed by atoms with Crippen LogP contribution in [0.15, 0.2) is 42.9 Å². The maximum atomic E-state index is 5.83. The third-order valence-corrected chi connectivity index (χ3v) is 3.15. The SMILES string of the molecule is Clc1cc2nnc(-c3cnc4ccccc4n3)n2cn1. The van der Waals surface area contributed by atoms with E-state index in [0.717, 1.165) is 11.0 Å². The first-order valence-corrected chi connectivity index (χ1v) is 6.27. The Hall–Kier alpha value is -2.60. The summed E-state index contributed by atoms with van der Waals surface area (Å²) in [7, 11) is 0. The zero-order valence-electron chi connectivity index (χ0n) is 10.1. The molecular formula is C13H7ClN6. The molecule has 0 saturated carbocycles. The lowest BCUT2D eigenvalue weighted by Gasteiger charge is -2.01. The van der Waals surface area contributed by atoms with Crippen LogP contribution in [-0.4, -0.2) is 29.5 Å². The van der Waals surface area contributed by atoms with Crippen LogP contribution >= 0.6 is 11.6 Å². The number of rotatable bonds is 1. The van der Waals surface area contributed by atoms with Gasteiger partial charge in [0.15, 0.2) is 11.5 Å². The summed E-state index contributed by atoms with van der Waals surface area (Å²) < 4.78 is 1.73. The predicted molar refractivity (Wildman–Crippen MR) is 74.3 cm³/mol. The molecule has 0 atom stereocenters. The van der Waals surface area contributed by atoms with E-state index >= 15 is 0 Å². The zero-order valence-corrected chi connectivity index (χ0v) is 10.9. The molecule has 0 spiro atoms. The van der Waals surface area contributed by atoms with Gasteiger partial charge in [0.05, 0.1) is 17.2 Å². The van der Waals surface area contributed by atoms with Gasteiger partial charge in [-0.1, -0.05) is 23.7 Å². The number of para-hydroxylation sites is 2. The fraction of sp³-hybridized carbons (Fsp3) is 0. The monoisotopic (exact) mass is 282 g/mol. The average molecular weight is 283 g/mol. The molecule has 0 amide bonds. The lowest BCUT2D eigenvalue weighted by molar-refractivity contribution is 1.06. The molecule has 7 heteroatoms. The van der Waals surface area contributed by atoms with Gasteiger partial charge in [0.1, 0.15) is 17.2 Å². The summed E-state index contributed by atoms with van der Waals surface area (Å²) in [4.78, 5) is 12.9. The molecule has 96 valence electrons. The van der Waals surface area contributed by atoms with Crippen molar-refractivity contribution in [2.75, 3.05) is 0 Å². The Kier molecular flexibility index (Phi) is 2.37. The van der Waals surface area contributed by atoms with Crippen LogP contribution in [0.4, 0.5) is 0 Å². The van der Waals surface area contributed by atoms with E-state index in [2.05, 4.69) is 25.1 Å². The van der Waals surface area contributed by atoms with Crippen molar-refractivity contribution in [1.29, 1.82) is 0 Å². The number of fused-ring (bicyclic) bond motifs is 2. The van der Waals surface area contributed by atoms with Crippen LogP contribution < -0.4 is 0 Å². The summed E-state index contributed by atoms with van der Waals surface area (Å²) in [6, 6.07) is 9.31. The normalized spacial score (nSPS) is 11.2. The van der Waals surface area contributed by atoms with Crippen LogP contribution in [0.1, 0.15) is 0 Å². The molecule has 0 unspecified atom stereocenters. The molecule has 0 radical (unpaired) electrons. The van der Waals surface area contributed by atoms with Gasteiger partial charge >= 0.3 is 0 Å². The highest BCUT2D eigenvalue weighted by molar-refractivity contribution is 6.29. The first-order chi connectivity index (χ1) is 9.81. The largest absolute Gasteiger partial charge is 0.264 e. The lowest BCUT2D eigenvalue weighted by atomic mass is 10.3. The quantitative estimate of drug-likeness (QED) is 0.501. The lowest BCUT2D eigenvalue weighted by Crippen LogP contribution is -1.95. The standard InChI is InChI=1S/C13H7ClN6/c14-11-5-12-18-19-13(20(12)7-16-11)10-6-15-8-3-1-2-4-9(8)17-10/h1-7H. The van der Waals surface area contributed by atoms with Crippen LogP contribution in [0.3, 0.4) is 0 Å². The first kappa shape index (κ1) is 11.2. The van der Waals surface area contributed by atoms with Crippen molar-refractivity contribution < 1.29 is 0 Å². The maximum absolute atomic E-state index is 5.83. The average Bonchev–Trinajstić information content (AvgIpc) is 2.89. The number of halogens is 1. The number of hydrogen-bond acceptors (Lipinski definition) is 5. The highest BCUT2D eigenvalue weighted by Crippen LogP contribution is 2.18. The van der Waals surface area contributed by atoms with Gasteiger partial charge in [-0.25, -0.2) is 9.97 Å². The van der Waals surface area contributed by atoms with Crippen molar-refractivity contribution in [1.82, 2.24) is 29.5 Å². The molecule has 6 nitrogen and oxygen atoms in total. The van der Waals surface area contributed by atoms with Gasteiger partial charge in [0.25, 0.3) is 0 Å². The van der Waals surface area contributed by atoms with Crippen LogP contribution in [0.2, 0.25) is 5.15 Å². The minimum atomic E-state index is 0.376. The summed E-state index contributed by atoms with van der Waals surface area (Å²) in [6.07, 6.45) is 3.25. The van der Waals surface area contributed by atoms with Crippen LogP contribution in [0, 0.1) is 0 Å². The summed E-state index contributed by atoms with van der Waals surface area (Å²) >= 11 is 5.83. The van der Waals surface area contributed by atoms with Gasteiger partial charge < -0.3 is 0 Å². The van der Waals surface area contributed by atoms with Gasteiger partial charge in [-0.3, -0.25) is 9.38 Å². The minimum Gasteiger partial charge on any atom is -0.264 e. The smallest absolute Gasteiger partial charge is 0.189 e. The van der Waals surface area contributed by atoms with Gasteiger partial charge in [-0.05, 0) is 12.1 Å². The van der Waals surface area contributed by atoms with Crippen molar-refractivity contribution in [2.24, 2.45) is 0 Å². The van der Waals surface area contributed by atoms with Crippen molar-refractivity contribution in [2.45, 2.75) is 0 Å². The summed E-state index contributed by atoms with van der Waals surface area (Å²) in [5, 5.41) is 8.56. The first-order valence-electron chi connectivity index (χ1n) is 5.90. The zero-order chi connectivity index (χ0) is 13.5. The number of aromatic nitrogens is 6. The molecule has 0 fully saturated rings. The molecule has 4 rings (SSSR count). The fourth-order valence-corrected chi connectivity index (χ4v) is 2.15. The Bertz CT molecular complexity index is 932. The molecule has 0 saturated heterocycles. The molecule has 3 heterocycles. The van der Waals surface area contributed by atoms with Gasteiger partial charge in [0, 0.05) is 6.07 Å². The summed E-state index contributed by atoms with van der Waals surface area (Å²) in [6.45, 7) is 0. The van der Waals surface area contributed by atoms with E-state index in [1.54, 1.807) is 23.0 Å². The van der Waals surface area contributed by atoms with Crippen molar-refractivity contribution in [3.63, 3.8) is 0 Å². The molecule has 0 bridgehead atoms. The van der Waals surface area contributed by atoms with Crippen LogP contribution in [0.25, 0.3) is 28.2 Å². The van der Waals surface area contributed by atoms with E-state index in [-0.39, 0.29) is 0 Å². The molecule has 1 aromatic carbocycles. The van der Waals surface area contributed by atoms with Crippen molar-refractivity contribution in [3.8, 4) is 11.5 Å². The Morgan fingerprint density at radius 3 is 2.75 bits per heavy atom. The Labute approximate surface area is 118 Å². The van der Waals surface area contributed by atoms with E-state index in [4.69, 9.17) is 11.6 Å². The predicted octanol–water partition coefficient (Wildman–Crippen LogP) is 2.39. The second-order valence-electron chi connectivity index (χ2n) is 4.21. The third kappa shape index (κ3) is 1.70. The van der Waals surface area contributed by atoms with Crippen molar-refractivity contribution in [3.05, 3.63) is 48.0 Å². The van der Waals surface area contributed by atoms with E-state index in [1.165, 1.54) is 0 Å². The van der Waals surface area contributed by atoms with Gasteiger partial charge in [-0.15, -0.1) is 10.2 Å². The topological polar surface area (TPSA) is 68.9 Å². The molecule has 0 aliphatic carbocycles. The highest BCUT2D eigenvalue weighted by atomic mass is 35.5. The molecule has 3 aromatic heterocycles. The number of nitrogens with zero attached hydrogens (tertiary/aromatic N) is 6.